The first-order valence-electron chi connectivity index (χ1n) is 4.21. The third-order valence-corrected chi connectivity index (χ3v) is 1.54. The zero-order valence-electron chi connectivity index (χ0n) is 7.70. The minimum atomic E-state index is -0.662. The predicted octanol–water partition coefficient (Wildman–Crippen LogP) is 2.52. The molecule has 0 saturated carbocycles. The van der Waals surface area contributed by atoms with Crippen LogP contribution in [0, 0.1) is 15.9 Å². The van der Waals surface area contributed by atoms with Crippen LogP contribution >= 0.6 is 0 Å². The van der Waals surface area contributed by atoms with Crippen LogP contribution in [-0.4, -0.2) is 11.5 Å². The lowest BCUT2D eigenvalue weighted by Crippen LogP contribution is -1.97. The third-order valence-electron chi connectivity index (χ3n) is 1.54. The van der Waals surface area contributed by atoms with Gasteiger partial charge in [0.15, 0.2) is 0 Å². The molecule has 0 atom stereocenters. The fraction of sp³-hybridized carbons (Fsp3) is 0.333. The van der Waals surface area contributed by atoms with E-state index in [0.29, 0.717) is 6.61 Å². The van der Waals surface area contributed by atoms with E-state index >= 15 is 0 Å². The van der Waals surface area contributed by atoms with Crippen molar-refractivity contribution in [3.8, 4) is 5.75 Å². The van der Waals surface area contributed by atoms with Crippen molar-refractivity contribution in [1.82, 2.24) is 0 Å². The van der Waals surface area contributed by atoms with Crippen molar-refractivity contribution >= 4 is 5.69 Å². The van der Waals surface area contributed by atoms with Gasteiger partial charge in [-0.3, -0.25) is 10.1 Å². The molecule has 0 saturated heterocycles. The molecule has 5 heteroatoms. The summed E-state index contributed by atoms with van der Waals surface area (Å²) >= 11 is 0. The molecule has 0 fully saturated rings. The molecule has 4 nitrogen and oxygen atoms in total. The van der Waals surface area contributed by atoms with Crippen LogP contribution in [0.2, 0.25) is 0 Å². The SMILES string of the molecule is CCCOc1cc(F)cc([N+](=O)[O-])c1. The van der Waals surface area contributed by atoms with Gasteiger partial charge in [0.2, 0.25) is 0 Å². The van der Waals surface area contributed by atoms with Crippen LogP contribution in [0.4, 0.5) is 10.1 Å². The molecule has 0 aromatic heterocycles. The van der Waals surface area contributed by atoms with Gasteiger partial charge in [0.05, 0.1) is 23.7 Å². The molecule has 0 amide bonds. The van der Waals surface area contributed by atoms with Gasteiger partial charge >= 0.3 is 0 Å². The minimum absolute atomic E-state index is 0.193. The molecular weight excluding hydrogens is 189 g/mol. The monoisotopic (exact) mass is 199 g/mol. The van der Waals surface area contributed by atoms with Crippen molar-refractivity contribution in [2.75, 3.05) is 6.61 Å². The van der Waals surface area contributed by atoms with Gasteiger partial charge in [0.25, 0.3) is 5.69 Å². The summed E-state index contributed by atoms with van der Waals surface area (Å²) in [5.41, 5.74) is -0.295. The van der Waals surface area contributed by atoms with Gasteiger partial charge < -0.3 is 4.74 Å². The van der Waals surface area contributed by atoms with Crippen molar-refractivity contribution in [3.05, 3.63) is 34.1 Å². The number of hydrogen-bond acceptors (Lipinski definition) is 3. The fourth-order valence-corrected chi connectivity index (χ4v) is 0.957. The molecule has 0 aliphatic heterocycles. The summed E-state index contributed by atoms with van der Waals surface area (Å²) in [4.78, 5) is 9.71. The number of hydrogen-bond donors (Lipinski definition) is 0. The lowest BCUT2D eigenvalue weighted by molar-refractivity contribution is -0.385. The van der Waals surface area contributed by atoms with Gasteiger partial charge in [-0.25, -0.2) is 4.39 Å². The summed E-state index contributed by atoms with van der Waals surface area (Å²) in [6, 6.07) is 3.19. The van der Waals surface area contributed by atoms with Gasteiger partial charge in [-0.1, -0.05) is 6.92 Å². The number of benzene rings is 1. The van der Waals surface area contributed by atoms with E-state index in [1.807, 2.05) is 6.92 Å². The number of non-ortho nitro benzene ring substituents is 1. The predicted molar refractivity (Wildman–Crippen MR) is 48.8 cm³/mol. The highest BCUT2D eigenvalue weighted by Crippen LogP contribution is 2.21. The Kier molecular flexibility index (Phi) is 3.39. The minimum Gasteiger partial charge on any atom is -0.493 e. The zero-order chi connectivity index (χ0) is 10.6. The van der Waals surface area contributed by atoms with Gasteiger partial charge in [0.1, 0.15) is 11.6 Å². The topological polar surface area (TPSA) is 52.4 Å². The first-order valence-corrected chi connectivity index (χ1v) is 4.21. The summed E-state index contributed by atoms with van der Waals surface area (Å²) in [6.45, 7) is 2.31. The maximum atomic E-state index is 12.8. The zero-order valence-corrected chi connectivity index (χ0v) is 7.70. The van der Waals surface area contributed by atoms with Crippen LogP contribution in [0.1, 0.15) is 13.3 Å². The number of nitro groups is 1. The van der Waals surface area contributed by atoms with Crippen LogP contribution in [0.25, 0.3) is 0 Å². The van der Waals surface area contributed by atoms with Crippen molar-refractivity contribution in [3.63, 3.8) is 0 Å². The second kappa shape index (κ2) is 4.55. The van der Waals surface area contributed by atoms with E-state index in [1.54, 1.807) is 0 Å². The number of nitro benzene ring substituents is 1. The van der Waals surface area contributed by atoms with Crippen LogP contribution in [-0.2, 0) is 0 Å². The van der Waals surface area contributed by atoms with E-state index < -0.39 is 10.7 Å². The third kappa shape index (κ3) is 2.69. The fourth-order valence-electron chi connectivity index (χ4n) is 0.957. The maximum Gasteiger partial charge on any atom is 0.276 e. The summed E-state index contributed by atoms with van der Waals surface area (Å²) in [6.07, 6.45) is 0.768. The average Bonchev–Trinajstić information content (AvgIpc) is 2.14. The number of halogens is 1. The molecule has 14 heavy (non-hydrogen) atoms. The largest absolute Gasteiger partial charge is 0.493 e. The second-order valence-electron chi connectivity index (χ2n) is 2.75. The smallest absolute Gasteiger partial charge is 0.276 e. The average molecular weight is 199 g/mol. The summed E-state index contributed by atoms with van der Waals surface area (Å²) in [5, 5.41) is 10.4. The van der Waals surface area contributed by atoms with Gasteiger partial charge in [-0.15, -0.1) is 0 Å². The van der Waals surface area contributed by atoms with E-state index in [-0.39, 0.29) is 11.4 Å². The number of nitrogens with zero attached hydrogens (tertiary/aromatic N) is 1. The van der Waals surface area contributed by atoms with Crippen molar-refractivity contribution < 1.29 is 14.1 Å². The molecule has 0 heterocycles. The highest BCUT2D eigenvalue weighted by molar-refractivity contribution is 5.38. The molecule has 0 unspecified atom stereocenters. The maximum absolute atomic E-state index is 12.8. The Balaban J connectivity index is 2.89. The van der Waals surface area contributed by atoms with E-state index in [9.17, 15) is 14.5 Å². The highest BCUT2D eigenvalue weighted by Gasteiger charge is 2.09. The lowest BCUT2D eigenvalue weighted by atomic mass is 10.3. The molecular formula is C9H10FNO3. The molecule has 1 aromatic carbocycles. The van der Waals surface area contributed by atoms with Crippen molar-refractivity contribution in [2.45, 2.75) is 13.3 Å². The first kappa shape index (κ1) is 10.4. The molecule has 1 aromatic rings. The standard InChI is InChI=1S/C9H10FNO3/c1-2-3-14-9-5-7(10)4-8(6-9)11(12)13/h4-6H,2-3H2,1H3. The Morgan fingerprint density at radius 3 is 2.79 bits per heavy atom. The molecule has 0 N–H and O–H groups in total. The van der Waals surface area contributed by atoms with Crippen LogP contribution in [0.15, 0.2) is 18.2 Å². The summed E-state index contributed by atoms with van der Waals surface area (Å²) in [5.74, 6) is -0.469. The Labute approximate surface area is 80.5 Å². The lowest BCUT2D eigenvalue weighted by Gasteiger charge is -2.03. The molecule has 0 radical (unpaired) electrons. The van der Waals surface area contributed by atoms with Crippen LogP contribution in [0.5, 0.6) is 5.75 Å². The van der Waals surface area contributed by atoms with Crippen molar-refractivity contribution in [2.24, 2.45) is 0 Å². The van der Waals surface area contributed by atoms with E-state index in [1.165, 1.54) is 6.07 Å². The first-order chi connectivity index (χ1) is 6.63. The molecule has 0 spiro atoms. The molecule has 0 bridgehead atoms. The van der Waals surface area contributed by atoms with E-state index in [4.69, 9.17) is 4.74 Å². The highest BCUT2D eigenvalue weighted by atomic mass is 19.1. The molecule has 1 rings (SSSR count). The van der Waals surface area contributed by atoms with Gasteiger partial charge in [-0.2, -0.15) is 0 Å². The number of ether oxygens (including phenoxy) is 1. The van der Waals surface area contributed by atoms with Crippen LogP contribution < -0.4 is 4.74 Å². The van der Waals surface area contributed by atoms with Crippen LogP contribution in [0.3, 0.4) is 0 Å². The van der Waals surface area contributed by atoms with Crippen molar-refractivity contribution in [1.29, 1.82) is 0 Å². The van der Waals surface area contributed by atoms with E-state index in [2.05, 4.69) is 0 Å². The normalized spacial score (nSPS) is 9.86. The Morgan fingerprint density at radius 1 is 1.50 bits per heavy atom. The van der Waals surface area contributed by atoms with E-state index in [0.717, 1.165) is 18.6 Å². The molecule has 76 valence electrons. The quantitative estimate of drug-likeness (QED) is 0.553. The Hall–Kier alpha value is -1.65. The van der Waals surface area contributed by atoms with Gasteiger partial charge in [-0.05, 0) is 6.42 Å². The number of rotatable bonds is 4. The molecule has 0 aliphatic carbocycles. The second-order valence-corrected chi connectivity index (χ2v) is 2.75. The summed E-state index contributed by atoms with van der Waals surface area (Å²) < 4.78 is 17.9. The Bertz CT molecular complexity index is 341. The Morgan fingerprint density at radius 2 is 2.21 bits per heavy atom. The molecule has 0 aliphatic rings. The van der Waals surface area contributed by atoms with Gasteiger partial charge in [0, 0.05) is 6.07 Å². The summed E-state index contributed by atoms with van der Waals surface area (Å²) in [7, 11) is 0.